The summed E-state index contributed by atoms with van der Waals surface area (Å²) in [5.41, 5.74) is 10.2. The van der Waals surface area contributed by atoms with Crippen LogP contribution in [0.4, 0.5) is 0 Å². The van der Waals surface area contributed by atoms with Crippen LogP contribution < -0.4 is 0 Å². The first-order valence-corrected chi connectivity index (χ1v) is 19.8. The van der Waals surface area contributed by atoms with Gasteiger partial charge in [-0.1, -0.05) is 146 Å². The topological polar surface area (TPSA) is 56.7 Å². The van der Waals surface area contributed by atoms with Crippen molar-refractivity contribution in [2.45, 2.75) is 0 Å². The number of rotatable bonds is 5. The van der Waals surface area contributed by atoms with E-state index in [1.807, 2.05) is 84.1 Å². The van der Waals surface area contributed by atoms with E-state index in [1.165, 1.54) is 47.7 Å². The third-order valence-electron chi connectivity index (χ3n) is 11.1. The third-order valence-corrected chi connectivity index (χ3v) is 12.3. The molecule has 4 aromatic heterocycles. The largest absolute Gasteiger partial charge is 0.456 e. The molecule has 0 N–H and O–H groups in total. The molecule has 0 unspecified atom stereocenters. The highest BCUT2D eigenvalue weighted by Crippen LogP contribution is 2.47. The lowest BCUT2D eigenvalue weighted by atomic mass is 9.94. The first kappa shape index (κ1) is 31.9. The Kier molecular flexibility index (Phi) is 7.03. The van der Waals surface area contributed by atoms with E-state index in [-0.39, 0.29) is 0 Å². The zero-order valence-electron chi connectivity index (χ0n) is 30.4. The number of benzene rings is 8. The molecule has 6 heteroatoms. The summed E-state index contributed by atoms with van der Waals surface area (Å²) in [6.07, 6.45) is 0. The molecule has 12 rings (SSSR count). The van der Waals surface area contributed by atoms with Gasteiger partial charge in [0.25, 0.3) is 0 Å². The van der Waals surface area contributed by atoms with Crippen LogP contribution in [0, 0.1) is 0 Å². The van der Waals surface area contributed by atoms with Crippen molar-refractivity contribution in [2.24, 2.45) is 0 Å². The Morgan fingerprint density at radius 2 is 0.877 bits per heavy atom. The molecular weight excluding hydrogens is 717 g/mol. The molecule has 0 spiro atoms. The molecular formula is C51H30N4OS. The number of para-hydroxylation sites is 2. The fourth-order valence-corrected chi connectivity index (χ4v) is 9.85. The van der Waals surface area contributed by atoms with E-state index in [4.69, 9.17) is 19.4 Å². The van der Waals surface area contributed by atoms with Gasteiger partial charge in [-0.25, -0.2) is 15.0 Å². The number of hydrogen-bond acceptors (Lipinski definition) is 5. The van der Waals surface area contributed by atoms with Crippen LogP contribution in [0.2, 0.25) is 0 Å². The molecule has 0 fully saturated rings. The van der Waals surface area contributed by atoms with Gasteiger partial charge in [0.05, 0.1) is 21.4 Å². The van der Waals surface area contributed by atoms with Crippen LogP contribution in [0.3, 0.4) is 0 Å². The molecule has 0 saturated carbocycles. The quantitative estimate of drug-likeness (QED) is 0.176. The molecule has 0 aliphatic carbocycles. The molecule has 0 amide bonds. The fourth-order valence-electron chi connectivity index (χ4n) is 8.62. The molecule has 8 aromatic carbocycles. The van der Waals surface area contributed by atoms with Gasteiger partial charge in [-0.3, -0.25) is 0 Å². The van der Waals surface area contributed by atoms with E-state index < -0.39 is 0 Å². The number of hydrogen-bond donors (Lipinski definition) is 0. The molecule has 0 saturated heterocycles. The summed E-state index contributed by atoms with van der Waals surface area (Å²) in [5.74, 6) is 1.84. The van der Waals surface area contributed by atoms with Gasteiger partial charge in [-0.15, -0.1) is 11.3 Å². The summed E-state index contributed by atoms with van der Waals surface area (Å²) in [5, 5.41) is 6.99. The Morgan fingerprint density at radius 3 is 1.53 bits per heavy atom. The second-order valence-corrected chi connectivity index (χ2v) is 15.4. The zero-order valence-corrected chi connectivity index (χ0v) is 31.2. The molecule has 0 bridgehead atoms. The minimum Gasteiger partial charge on any atom is -0.456 e. The van der Waals surface area contributed by atoms with E-state index in [9.17, 15) is 0 Å². The highest BCUT2D eigenvalue weighted by molar-refractivity contribution is 7.26. The molecule has 0 radical (unpaired) electrons. The summed E-state index contributed by atoms with van der Waals surface area (Å²) in [6.45, 7) is 0. The summed E-state index contributed by atoms with van der Waals surface area (Å²) in [6, 6.07) is 63.6. The van der Waals surface area contributed by atoms with E-state index in [0.29, 0.717) is 17.5 Å². The van der Waals surface area contributed by atoms with E-state index in [1.54, 1.807) is 0 Å². The van der Waals surface area contributed by atoms with Crippen molar-refractivity contribution in [2.75, 3.05) is 0 Å². The first-order valence-electron chi connectivity index (χ1n) is 19.0. The summed E-state index contributed by atoms with van der Waals surface area (Å²) in [4.78, 5) is 15.2. The lowest BCUT2D eigenvalue weighted by molar-refractivity contribution is 0.669. The highest BCUT2D eigenvalue weighted by Gasteiger charge is 2.23. The first-order chi connectivity index (χ1) is 28.3. The maximum absolute atomic E-state index is 6.67. The van der Waals surface area contributed by atoms with E-state index >= 15 is 0 Å². The normalized spacial score (nSPS) is 11.9. The predicted octanol–water partition coefficient (Wildman–Crippen LogP) is 13.9. The van der Waals surface area contributed by atoms with Gasteiger partial charge >= 0.3 is 0 Å². The second-order valence-electron chi connectivity index (χ2n) is 14.3. The minimum atomic E-state index is 0.598. The lowest BCUT2D eigenvalue weighted by Crippen LogP contribution is -2.00. The molecule has 57 heavy (non-hydrogen) atoms. The van der Waals surface area contributed by atoms with Crippen LogP contribution in [-0.4, -0.2) is 19.5 Å². The van der Waals surface area contributed by atoms with Crippen molar-refractivity contribution in [3.05, 3.63) is 182 Å². The van der Waals surface area contributed by atoms with Gasteiger partial charge in [-0.2, -0.15) is 0 Å². The number of furan rings is 1. The monoisotopic (exact) mass is 746 g/mol. The smallest absolute Gasteiger partial charge is 0.164 e. The molecule has 0 aliphatic rings. The second kappa shape index (κ2) is 12.6. The van der Waals surface area contributed by atoms with Gasteiger partial charge in [-0.05, 0) is 47.5 Å². The Morgan fingerprint density at radius 1 is 0.386 bits per heavy atom. The lowest BCUT2D eigenvalue weighted by Gasteiger charge is -2.11. The number of aromatic nitrogens is 4. The van der Waals surface area contributed by atoms with Crippen LogP contribution in [-0.2, 0) is 0 Å². The maximum atomic E-state index is 6.67. The zero-order chi connectivity index (χ0) is 37.5. The van der Waals surface area contributed by atoms with Crippen molar-refractivity contribution in [3.63, 3.8) is 0 Å². The van der Waals surface area contributed by atoms with Crippen molar-refractivity contribution >= 4 is 75.3 Å². The Hall–Kier alpha value is -7.41. The van der Waals surface area contributed by atoms with Crippen molar-refractivity contribution in [1.29, 1.82) is 0 Å². The summed E-state index contributed by atoms with van der Waals surface area (Å²) < 4.78 is 11.6. The third kappa shape index (κ3) is 4.91. The average Bonchev–Trinajstić information content (AvgIpc) is 3.97. The van der Waals surface area contributed by atoms with Gasteiger partial charge in [0.2, 0.25) is 0 Å². The average molecular weight is 747 g/mol. The summed E-state index contributed by atoms with van der Waals surface area (Å²) in [7, 11) is 0. The Balaban J connectivity index is 1.12. The van der Waals surface area contributed by atoms with Crippen molar-refractivity contribution in [1.82, 2.24) is 19.5 Å². The maximum Gasteiger partial charge on any atom is 0.164 e. The van der Waals surface area contributed by atoms with Crippen LogP contribution in [0.25, 0.3) is 115 Å². The molecule has 0 atom stereocenters. The van der Waals surface area contributed by atoms with Crippen LogP contribution in [0.5, 0.6) is 0 Å². The number of thiophene rings is 1. The summed E-state index contributed by atoms with van der Waals surface area (Å²) >= 11 is 1.85. The highest BCUT2D eigenvalue weighted by atomic mass is 32.1. The van der Waals surface area contributed by atoms with Crippen molar-refractivity contribution < 1.29 is 4.42 Å². The van der Waals surface area contributed by atoms with Crippen LogP contribution in [0.1, 0.15) is 0 Å². The van der Waals surface area contributed by atoms with Gasteiger partial charge < -0.3 is 8.98 Å². The SMILES string of the molecule is c1ccc(-c2nc(-c3ccccc3)nc(-c3cccc4oc5cccc(-c6cccc7sc8c(-n9c%10ccccc%10c%10ccccc%109)cccc8c67)c5c34)n2)cc1. The standard InChI is InChI=1S/C51H30N4OS/c1-3-15-31(16-4-1)49-52-50(32-17-5-2-6-18-32)54-51(53-49)38-24-13-29-43-47(38)46-36(21-12-28-42(46)56-43)35-22-14-30-44-45(35)37-23-11-27-41(48(37)57-44)55-39-25-9-7-19-33(39)34-20-8-10-26-40(34)55/h1-30H. The molecule has 12 aromatic rings. The van der Waals surface area contributed by atoms with Crippen LogP contribution >= 0.6 is 11.3 Å². The molecule has 266 valence electrons. The molecule has 0 aliphatic heterocycles. The fraction of sp³-hybridized carbons (Fsp3) is 0. The Labute approximate surface area is 330 Å². The Bertz CT molecular complexity index is 3420. The molecule has 4 heterocycles. The minimum absolute atomic E-state index is 0.598. The van der Waals surface area contributed by atoms with Gasteiger partial charge in [0.15, 0.2) is 17.5 Å². The van der Waals surface area contributed by atoms with E-state index in [2.05, 4.69) is 114 Å². The number of nitrogens with zero attached hydrogens (tertiary/aromatic N) is 4. The predicted molar refractivity (Wildman–Crippen MR) is 236 cm³/mol. The van der Waals surface area contributed by atoms with Gasteiger partial charge in [0.1, 0.15) is 11.2 Å². The van der Waals surface area contributed by atoms with Crippen molar-refractivity contribution in [3.8, 4) is 51.0 Å². The number of fused-ring (bicyclic) bond motifs is 9. The van der Waals surface area contributed by atoms with E-state index in [0.717, 1.165) is 49.8 Å². The molecule has 5 nitrogen and oxygen atoms in total. The van der Waals surface area contributed by atoms with Gasteiger partial charge in [0, 0.05) is 53.7 Å². The van der Waals surface area contributed by atoms with Crippen LogP contribution in [0.15, 0.2) is 186 Å².